The number of hydrogen-bond donors (Lipinski definition) is 2. The lowest BCUT2D eigenvalue weighted by Gasteiger charge is -2.08. The maximum atomic E-state index is 13.5. The Hall–Kier alpha value is -2.02. The molecule has 2 N–H and O–H groups in total. The third kappa shape index (κ3) is 3.05. The maximum Gasteiger partial charge on any atom is 0.338 e. The number of anilines is 1. The fourth-order valence-corrected chi connectivity index (χ4v) is 2.25. The fourth-order valence-electron chi connectivity index (χ4n) is 1.52. The molecule has 0 atom stereocenters. The van der Waals surface area contributed by atoms with Crippen LogP contribution < -0.4 is 5.32 Å². The van der Waals surface area contributed by atoms with E-state index in [0.717, 1.165) is 16.0 Å². The first-order chi connectivity index (χ1) is 8.97. The zero-order chi connectivity index (χ0) is 14.0. The van der Waals surface area contributed by atoms with E-state index in [-0.39, 0.29) is 5.69 Å². The van der Waals surface area contributed by atoms with Gasteiger partial charge >= 0.3 is 5.97 Å². The van der Waals surface area contributed by atoms with Crippen LogP contribution in [0, 0.1) is 18.6 Å². The zero-order valence-electron chi connectivity index (χ0n) is 9.91. The molecule has 0 saturated heterocycles. The van der Waals surface area contributed by atoms with Crippen LogP contribution >= 0.6 is 11.3 Å². The Kier molecular flexibility index (Phi) is 3.75. The molecule has 7 heteroatoms. The Morgan fingerprint density at radius 2 is 2.16 bits per heavy atom. The molecular weight excluding hydrogens is 274 g/mol. The minimum absolute atomic E-state index is 0.0511. The standard InChI is InChI=1S/C12H10F2N2O2S/c1-6-15-4-7(19-6)5-16-11-2-8(12(17)18)9(13)3-10(11)14/h2-4,16H,5H2,1H3,(H,17,18). The molecule has 1 aromatic carbocycles. The molecule has 0 radical (unpaired) electrons. The zero-order valence-corrected chi connectivity index (χ0v) is 10.7. The van der Waals surface area contributed by atoms with Gasteiger partial charge in [-0.2, -0.15) is 0 Å². The van der Waals surface area contributed by atoms with E-state index in [9.17, 15) is 13.6 Å². The summed E-state index contributed by atoms with van der Waals surface area (Å²) in [5, 5.41) is 12.4. The average molecular weight is 284 g/mol. The van der Waals surface area contributed by atoms with Crippen molar-refractivity contribution in [3.8, 4) is 0 Å². The lowest BCUT2D eigenvalue weighted by Crippen LogP contribution is -2.06. The maximum absolute atomic E-state index is 13.5. The van der Waals surface area contributed by atoms with Crippen molar-refractivity contribution < 1.29 is 18.7 Å². The molecule has 0 aliphatic carbocycles. The highest BCUT2D eigenvalue weighted by atomic mass is 32.1. The first-order valence-corrected chi connectivity index (χ1v) is 6.16. The molecule has 0 unspecified atom stereocenters. The van der Waals surface area contributed by atoms with Gasteiger partial charge in [-0.25, -0.2) is 18.6 Å². The highest BCUT2D eigenvalue weighted by Gasteiger charge is 2.15. The number of benzene rings is 1. The first kappa shape index (κ1) is 13.4. The van der Waals surface area contributed by atoms with Crippen LogP contribution in [0.2, 0.25) is 0 Å². The van der Waals surface area contributed by atoms with Gasteiger partial charge in [-0.1, -0.05) is 0 Å². The second kappa shape index (κ2) is 5.31. The van der Waals surface area contributed by atoms with Gasteiger partial charge in [0, 0.05) is 17.1 Å². The number of thiazole rings is 1. The summed E-state index contributed by atoms with van der Waals surface area (Å²) in [6.45, 7) is 2.14. The van der Waals surface area contributed by atoms with E-state index in [2.05, 4.69) is 10.3 Å². The van der Waals surface area contributed by atoms with Crippen LogP contribution in [-0.4, -0.2) is 16.1 Å². The molecule has 1 aromatic heterocycles. The van der Waals surface area contributed by atoms with Crippen LogP contribution in [0.1, 0.15) is 20.2 Å². The molecule has 2 rings (SSSR count). The van der Waals surface area contributed by atoms with Crippen molar-refractivity contribution in [3.05, 3.63) is 45.4 Å². The predicted molar refractivity (Wildman–Crippen MR) is 67.5 cm³/mol. The molecule has 4 nitrogen and oxygen atoms in total. The molecule has 19 heavy (non-hydrogen) atoms. The van der Waals surface area contributed by atoms with Crippen molar-refractivity contribution in [2.45, 2.75) is 13.5 Å². The molecule has 0 aliphatic rings. The molecule has 0 saturated carbocycles. The number of aromatic carboxylic acids is 1. The SMILES string of the molecule is Cc1ncc(CNc2cc(C(=O)O)c(F)cc2F)s1. The average Bonchev–Trinajstić information content (AvgIpc) is 2.73. The molecule has 0 fully saturated rings. The lowest BCUT2D eigenvalue weighted by atomic mass is 10.2. The molecular formula is C12H10F2N2O2S. The number of rotatable bonds is 4. The Morgan fingerprint density at radius 3 is 2.74 bits per heavy atom. The summed E-state index contributed by atoms with van der Waals surface area (Å²) in [6, 6.07) is 1.50. The molecule has 2 aromatic rings. The third-order valence-corrected chi connectivity index (χ3v) is 3.32. The van der Waals surface area contributed by atoms with Crippen molar-refractivity contribution in [1.82, 2.24) is 4.98 Å². The van der Waals surface area contributed by atoms with Gasteiger partial charge in [0.05, 0.1) is 22.8 Å². The molecule has 0 aliphatic heterocycles. The molecule has 0 amide bonds. The first-order valence-electron chi connectivity index (χ1n) is 5.35. The van der Waals surface area contributed by atoms with E-state index in [1.54, 1.807) is 6.20 Å². The van der Waals surface area contributed by atoms with Gasteiger partial charge in [0.2, 0.25) is 0 Å². The van der Waals surface area contributed by atoms with Crippen LogP contribution in [-0.2, 0) is 6.54 Å². The number of hydrogen-bond acceptors (Lipinski definition) is 4. The lowest BCUT2D eigenvalue weighted by molar-refractivity contribution is 0.0692. The Labute approximate surface area is 111 Å². The number of nitrogens with one attached hydrogen (secondary N) is 1. The van der Waals surface area contributed by atoms with Crippen molar-refractivity contribution in [2.24, 2.45) is 0 Å². The minimum atomic E-state index is -1.44. The number of carboxylic acid groups (broad SMARTS) is 1. The van der Waals surface area contributed by atoms with Crippen LogP contribution in [0.4, 0.5) is 14.5 Å². The predicted octanol–water partition coefficient (Wildman–Crippen LogP) is 3.04. The van der Waals surface area contributed by atoms with E-state index >= 15 is 0 Å². The molecule has 0 bridgehead atoms. The second-order valence-electron chi connectivity index (χ2n) is 3.82. The van der Waals surface area contributed by atoms with E-state index in [4.69, 9.17) is 5.11 Å². The van der Waals surface area contributed by atoms with Crippen molar-refractivity contribution in [1.29, 1.82) is 0 Å². The van der Waals surface area contributed by atoms with Crippen LogP contribution in [0.15, 0.2) is 18.3 Å². The summed E-state index contributed by atoms with van der Waals surface area (Å²) in [4.78, 5) is 15.7. The van der Waals surface area contributed by atoms with Crippen molar-refractivity contribution in [3.63, 3.8) is 0 Å². The van der Waals surface area contributed by atoms with Gasteiger partial charge in [-0.3, -0.25) is 0 Å². The van der Waals surface area contributed by atoms with Crippen LogP contribution in [0.5, 0.6) is 0 Å². The quantitative estimate of drug-likeness (QED) is 0.906. The minimum Gasteiger partial charge on any atom is -0.478 e. The van der Waals surface area contributed by atoms with Crippen LogP contribution in [0.25, 0.3) is 0 Å². The number of carboxylic acids is 1. The van der Waals surface area contributed by atoms with E-state index < -0.39 is 23.2 Å². The summed E-state index contributed by atoms with van der Waals surface area (Å²) in [6.07, 6.45) is 1.65. The number of aromatic nitrogens is 1. The highest BCUT2D eigenvalue weighted by molar-refractivity contribution is 7.11. The van der Waals surface area contributed by atoms with Gasteiger partial charge in [0.1, 0.15) is 11.6 Å². The Bertz CT molecular complexity index is 628. The number of carbonyl (C=O) groups is 1. The summed E-state index contributed by atoms with van der Waals surface area (Å²) < 4.78 is 26.7. The summed E-state index contributed by atoms with van der Waals surface area (Å²) in [7, 11) is 0. The monoisotopic (exact) mass is 284 g/mol. The van der Waals surface area contributed by atoms with Gasteiger partial charge in [-0.15, -0.1) is 11.3 Å². The number of nitrogens with zero attached hydrogens (tertiary/aromatic N) is 1. The second-order valence-corrected chi connectivity index (χ2v) is 5.14. The number of aryl methyl sites for hydroxylation is 1. The molecule has 100 valence electrons. The Morgan fingerprint density at radius 1 is 1.42 bits per heavy atom. The Balaban J connectivity index is 2.20. The molecule has 0 spiro atoms. The van der Waals surface area contributed by atoms with E-state index in [0.29, 0.717) is 12.6 Å². The van der Waals surface area contributed by atoms with Crippen molar-refractivity contribution >= 4 is 23.0 Å². The third-order valence-electron chi connectivity index (χ3n) is 2.41. The topological polar surface area (TPSA) is 62.2 Å². The smallest absolute Gasteiger partial charge is 0.338 e. The van der Waals surface area contributed by atoms with Crippen LogP contribution in [0.3, 0.4) is 0 Å². The van der Waals surface area contributed by atoms with Gasteiger partial charge in [-0.05, 0) is 13.0 Å². The fraction of sp³-hybridized carbons (Fsp3) is 0.167. The summed E-state index contributed by atoms with van der Waals surface area (Å²) in [5.41, 5.74) is -0.616. The van der Waals surface area contributed by atoms with Crippen molar-refractivity contribution in [2.75, 3.05) is 5.32 Å². The number of halogens is 2. The largest absolute Gasteiger partial charge is 0.478 e. The molecule has 1 heterocycles. The summed E-state index contributed by atoms with van der Waals surface area (Å²) >= 11 is 1.44. The van der Waals surface area contributed by atoms with Gasteiger partial charge in [0.25, 0.3) is 0 Å². The van der Waals surface area contributed by atoms with Gasteiger partial charge in [0.15, 0.2) is 0 Å². The van der Waals surface area contributed by atoms with E-state index in [1.165, 1.54) is 11.3 Å². The summed E-state index contributed by atoms with van der Waals surface area (Å²) in [5.74, 6) is -3.36. The highest BCUT2D eigenvalue weighted by Crippen LogP contribution is 2.21. The van der Waals surface area contributed by atoms with E-state index in [1.807, 2.05) is 6.92 Å². The van der Waals surface area contributed by atoms with Gasteiger partial charge < -0.3 is 10.4 Å². The normalized spacial score (nSPS) is 10.5.